The molecule has 1 atom stereocenters. The van der Waals surface area contributed by atoms with Crippen LogP contribution < -0.4 is 10.1 Å². The van der Waals surface area contributed by atoms with Crippen molar-refractivity contribution in [2.45, 2.75) is 33.7 Å². The van der Waals surface area contributed by atoms with Crippen LogP contribution in [0.25, 0.3) is 0 Å². The van der Waals surface area contributed by atoms with E-state index in [0.717, 1.165) is 34.1 Å². The Morgan fingerprint density at radius 3 is 2.45 bits per heavy atom. The van der Waals surface area contributed by atoms with E-state index in [-0.39, 0.29) is 6.04 Å². The fraction of sp³-hybridized carbons (Fsp3) is 0.375. The summed E-state index contributed by atoms with van der Waals surface area (Å²) in [5.74, 6) is 2.60. The first-order valence-electron chi connectivity index (χ1n) is 6.60. The lowest BCUT2D eigenvalue weighted by Gasteiger charge is -2.18. The molecule has 1 aromatic heterocycles. The van der Waals surface area contributed by atoms with Crippen LogP contribution in [0.3, 0.4) is 0 Å². The minimum absolute atomic E-state index is 0.127. The highest BCUT2D eigenvalue weighted by molar-refractivity contribution is 6.31. The normalized spacial score (nSPS) is 12.3. The fourth-order valence-corrected chi connectivity index (χ4v) is 2.49. The minimum atomic E-state index is 0.127. The van der Waals surface area contributed by atoms with Gasteiger partial charge in [-0.1, -0.05) is 11.6 Å². The van der Waals surface area contributed by atoms with Crippen LogP contribution in [0, 0.1) is 20.8 Å². The van der Waals surface area contributed by atoms with Crippen molar-refractivity contribution in [1.29, 1.82) is 0 Å². The van der Waals surface area contributed by atoms with E-state index in [1.807, 2.05) is 32.9 Å². The van der Waals surface area contributed by atoms with Crippen LogP contribution in [-0.2, 0) is 0 Å². The van der Waals surface area contributed by atoms with Gasteiger partial charge in [0.15, 0.2) is 0 Å². The number of hydrogen-bond acceptors (Lipinski definition) is 3. The number of hydrogen-bond donors (Lipinski definition) is 1. The van der Waals surface area contributed by atoms with Crippen molar-refractivity contribution < 1.29 is 9.15 Å². The average molecular weight is 294 g/mol. The fourth-order valence-electron chi connectivity index (χ4n) is 2.34. The number of anilines is 1. The van der Waals surface area contributed by atoms with Crippen molar-refractivity contribution in [2.75, 3.05) is 12.4 Å². The highest BCUT2D eigenvalue weighted by Gasteiger charge is 2.15. The van der Waals surface area contributed by atoms with Crippen molar-refractivity contribution in [3.05, 3.63) is 45.9 Å². The van der Waals surface area contributed by atoms with Gasteiger partial charge in [0.05, 0.1) is 18.8 Å². The molecular formula is C16H20ClNO2. The molecular weight excluding hydrogens is 274 g/mol. The number of methoxy groups -OCH3 is 1. The van der Waals surface area contributed by atoms with Gasteiger partial charge in [0.25, 0.3) is 0 Å². The second-order valence-corrected chi connectivity index (χ2v) is 5.44. The second kappa shape index (κ2) is 5.80. The molecule has 0 aliphatic heterocycles. The summed E-state index contributed by atoms with van der Waals surface area (Å²) in [6.07, 6.45) is 0. The number of aryl methyl sites for hydroxylation is 3. The maximum absolute atomic E-state index is 6.12. The molecule has 1 heterocycles. The van der Waals surface area contributed by atoms with Gasteiger partial charge in [-0.3, -0.25) is 0 Å². The Morgan fingerprint density at radius 2 is 1.90 bits per heavy atom. The summed E-state index contributed by atoms with van der Waals surface area (Å²) in [4.78, 5) is 0. The lowest BCUT2D eigenvalue weighted by Crippen LogP contribution is -2.08. The summed E-state index contributed by atoms with van der Waals surface area (Å²) in [7, 11) is 1.64. The molecule has 4 heteroatoms. The van der Waals surface area contributed by atoms with Crippen LogP contribution in [0.1, 0.15) is 35.6 Å². The van der Waals surface area contributed by atoms with Gasteiger partial charge in [0.1, 0.15) is 17.3 Å². The van der Waals surface area contributed by atoms with Crippen LogP contribution in [-0.4, -0.2) is 7.11 Å². The van der Waals surface area contributed by atoms with E-state index >= 15 is 0 Å². The lowest BCUT2D eigenvalue weighted by atomic mass is 10.1. The highest BCUT2D eigenvalue weighted by atomic mass is 35.5. The third-order valence-corrected chi connectivity index (χ3v) is 3.81. The molecule has 2 rings (SSSR count). The van der Waals surface area contributed by atoms with Gasteiger partial charge in [-0.25, -0.2) is 0 Å². The molecule has 0 radical (unpaired) electrons. The zero-order chi connectivity index (χ0) is 14.9. The van der Waals surface area contributed by atoms with E-state index in [1.165, 1.54) is 0 Å². The summed E-state index contributed by atoms with van der Waals surface area (Å²) >= 11 is 6.12. The van der Waals surface area contributed by atoms with E-state index in [0.29, 0.717) is 5.02 Å². The number of ether oxygens (including phenoxy) is 1. The molecule has 0 fully saturated rings. The number of nitrogens with one attached hydrogen (secondary N) is 1. The predicted molar refractivity (Wildman–Crippen MR) is 83.0 cm³/mol. The first-order chi connectivity index (χ1) is 9.42. The van der Waals surface area contributed by atoms with E-state index in [1.54, 1.807) is 7.11 Å². The molecule has 0 saturated carbocycles. The van der Waals surface area contributed by atoms with Crippen molar-refractivity contribution >= 4 is 17.3 Å². The number of furan rings is 1. The Hall–Kier alpha value is -1.61. The second-order valence-electron chi connectivity index (χ2n) is 5.04. The third kappa shape index (κ3) is 2.93. The first-order valence-corrected chi connectivity index (χ1v) is 6.97. The molecule has 0 saturated heterocycles. The van der Waals surface area contributed by atoms with Crippen molar-refractivity contribution in [1.82, 2.24) is 0 Å². The smallest absolute Gasteiger partial charge is 0.143 e. The summed E-state index contributed by atoms with van der Waals surface area (Å²) in [5.41, 5.74) is 3.10. The summed E-state index contributed by atoms with van der Waals surface area (Å²) in [6, 6.07) is 6.02. The van der Waals surface area contributed by atoms with Crippen molar-refractivity contribution in [3.8, 4) is 5.75 Å². The van der Waals surface area contributed by atoms with Crippen LogP contribution in [0.4, 0.5) is 5.69 Å². The zero-order valence-electron chi connectivity index (χ0n) is 12.5. The van der Waals surface area contributed by atoms with Crippen LogP contribution in [0.15, 0.2) is 22.6 Å². The lowest BCUT2D eigenvalue weighted by molar-refractivity contribution is 0.416. The van der Waals surface area contributed by atoms with Crippen molar-refractivity contribution in [3.63, 3.8) is 0 Å². The summed E-state index contributed by atoms with van der Waals surface area (Å²) < 4.78 is 11.0. The Bertz CT molecular complexity index is 619. The van der Waals surface area contributed by atoms with Gasteiger partial charge in [-0.2, -0.15) is 0 Å². The molecule has 2 aromatic rings. The predicted octanol–water partition coefficient (Wildman–Crippen LogP) is 5.04. The van der Waals surface area contributed by atoms with Gasteiger partial charge >= 0.3 is 0 Å². The monoisotopic (exact) mass is 293 g/mol. The van der Waals surface area contributed by atoms with Crippen LogP contribution in [0.5, 0.6) is 5.75 Å². The Balaban J connectivity index is 2.29. The summed E-state index contributed by atoms with van der Waals surface area (Å²) in [5, 5.41) is 4.16. The van der Waals surface area contributed by atoms with Gasteiger partial charge in [-0.15, -0.1) is 0 Å². The Morgan fingerprint density at radius 1 is 1.20 bits per heavy atom. The number of halogens is 1. The molecule has 0 spiro atoms. The van der Waals surface area contributed by atoms with Gasteiger partial charge in [0, 0.05) is 16.7 Å². The number of rotatable bonds is 4. The molecule has 0 aliphatic rings. The first kappa shape index (κ1) is 14.8. The molecule has 1 N–H and O–H groups in total. The number of benzene rings is 1. The van der Waals surface area contributed by atoms with Crippen molar-refractivity contribution in [2.24, 2.45) is 0 Å². The largest absolute Gasteiger partial charge is 0.495 e. The van der Waals surface area contributed by atoms with E-state index < -0.39 is 0 Å². The van der Waals surface area contributed by atoms with E-state index in [2.05, 4.69) is 18.3 Å². The maximum Gasteiger partial charge on any atom is 0.143 e. The minimum Gasteiger partial charge on any atom is -0.495 e. The standard InChI is InChI=1S/C16H20ClNO2/c1-9-6-15(16(19-5)8-14(9)17)18-11(3)13-7-10(2)20-12(13)4/h6-8,11,18H,1-5H3. The molecule has 0 aliphatic carbocycles. The molecule has 1 unspecified atom stereocenters. The third-order valence-electron chi connectivity index (χ3n) is 3.40. The molecule has 3 nitrogen and oxygen atoms in total. The Kier molecular flexibility index (Phi) is 4.29. The average Bonchev–Trinajstić information content (AvgIpc) is 2.72. The highest BCUT2D eigenvalue weighted by Crippen LogP contribution is 2.34. The van der Waals surface area contributed by atoms with Gasteiger partial charge in [0.2, 0.25) is 0 Å². The molecule has 108 valence electrons. The maximum atomic E-state index is 6.12. The molecule has 0 amide bonds. The molecule has 20 heavy (non-hydrogen) atoms. The quantitative estimate of drug-likeness (QED) is 0.857. The molecule has 0 bridgehead atoms. The molecule has 1 aromatic carbocycles. The topological polar surface area (TPSA) is 34.4 Å². The van der Waals surface area contributed by atoms with E-state index in [9.17, 15) is 0 Å². The van der Waals surface area contributed by atoms with Gasteiger partial charge < -0.3 is 14.5 Å². The van der Waals surface area contributed by atoms with Gasteiger partial charge in [-0.05, 0) is 45.4 Å². The Labute approximate surface area is 124 Å². The van der Waals surface area contributed by atoms with Crippen LogP contribution in [0.2, 0.25) is 5.02 Å². The SMILES string of the molecule is COc1cc(Cl)c(C)cc1NC(C)c1cc(C)oc1C. The zero-order valence-corrected chi connectivity index (χ0v) is 13.3. The van der Waals surface area contributed by atoms with Crippen LogP contribution >= 0.6 is 11.6 Å². The summed E-state index contributed by atoms with van der Waals surface area (Å²) in [6.45, 7) is 8.01. The van der Waals surface area contributed by atoms with E-state index in [4.69, 9.17) is 20.8 Å².